The summed E-state index contributed by atoms with van der Waals surface area (Å²) in [6, 6.07) is 3.21. The molecular formula is C12H15ClFNO3. The van der Waals surface area contributed by atoms with Crippen LogP contribution in [0, 0.1) is 11.2 Å². The largest absolute Gasteiger partial charge is 0.508 e. The van der Waals surface area contributed by atoms with Crippen LogP contribution in [0.2, 0.25) is 0 Å². The van der Waals surface area contributed by atoms with E-state index >= 15 is 0 Å². The summed E-state index contributed by atoms with van der Waals surface area (Å²) in [7, 11) is 0. The van der Waals surface area contributed by atoms with Crippen LogP contribution in [0.3, 0.4) is 0 Å². The van der Waals surface area contributed by atoms with Gasteiger partial charge < -0.3 is 15.2 Å². The summed E-state index contributed by atoms with van der Waals surface area (Å²) in [6.07, 6.45) is -0.557. The standard InChI is InChI=1S/C12H14FNO3.ClH/c1-12(2)6-17-11(16)14-10(12)8-5-7(13)3-4-9(8)15;/h3-5,10,15H,6H2,1-2H3,(H,14,16);1H/t10-;/m0./s1. The number of carbonyl (C=O) groups excluding carboxylic acids is 1. The van der Waals surface area contributed by atoms with Gasteiger partial charge in [0.15, 0.2) is 0 Å². The molecule has 4 nitrogen and oxygen atoms in total. The first-order valence-electron chi connectivity index (χ1n) is 5.32. The average molecular weight is 276 g/mol. The first kappa shape index (κ1) is 14.6. The quantitative estimate of drug-likeness (QED) is 0.828. The maximum absolute atomic E-state index is 13.2. The van der Waals surface area contributed by atoms with Crippen molar-refractivity contribution in [1.29, 1.82) is 0 Å². The highest BCUT2D eigenvalue weighted by molar-refractivity contribution is 5.85. The Morgan fingerprint density at radius 3 is 2.83 bits per heavy atom. The third-order valence-corrected chi connectivity index (χ3v) is 2.92. The summed E-state index contributed by atoms with van der Waals surface area (Å²) in [5.41, 5.74) is -0.0502. The van der Waals surface area contributed by atoms with Crippen molar-refractivity contribution in [2.75, 3.05) is 6.61 Å². The van der Waals surface area contributed by atoms with Crippen molar-refractivity contribution in [1.82, 2.24) is 5.32 Å². The van der Waals surface area contributed by atoms with Crippen LogP contribution in [0.25, 0.3) is 0 Å². The van der Waals surface area contributed by atoms with Crippen molar-refractivity contribution in [2.45, 2.75) is 19.9 Å². The molecule has 1 aliphatic heterocycles. The minimum Gasteiger partial charge on any atom is -0.508 e. The summed E-state index contributed by atoms with van der Waals surface area (Å²) >= 11 is 0. The number of alkyl carbamates (subject to hydrolysis) is 1. The predicted molar refractivity (Wildman–Crippen MR) is 66.3 cm³/mol. The third kappa shape index (κ3) is 2.67. The summed E-state index contributed by atoms with van der Waals surface area (Å²) in [4.78, 5) is 11.2. The average Bonchev–Trinajstić information content (AvgIpc) is 2.26. The molecule has 2 N–H and O–H groups in total. The van der Waals surface area contributed by atoms with Crippen LogP contribution in [0.1, 0.15) is 25.5 Å². The molecule has 0 spiro atoms. The van der Waals surface area contributed by atoms with Crippen molar-refractivity contribution in [3.63, 3.8) is 0 Å². The highest BCUT2D eigenvalue weighted by Gasteiger charge is 2.39. The molecule has 1 amide bonds. The third-order valence-electron chi connectivity index (χ3n) is 2.92. The lowest BCUT2D eigenvalue weighted by atomic mass is 9.80. The molecule has 0 bridgehead atoms. The predicted octanol–water partition coefficient (Wildman–Crippen LogP) is 2.76. The lowest BCUT2D eigenvalue weighted by molar-refractivity contribution is 0.0380. The molecule has 6 heteroatoms. The molecule has 1 fully saturated rings. The molecule has 1 aromatic carbocycles. The molecule has 1 atom stereocenters. The highest BCUT2D eigenvalue weighted by atomic mass is 35.5. The van der Waals surface area contributed by atoms with Gasteiger partial charge in [0.2, 0.25) is 0 Å². The summed E-state index contributed by atoms with van der Waals surface area (Å²) in [6.45, 7) is 3.97. The minimum absolute atomic E-state index is 0. The van der Waals surface area contributed by atoms with E-state index < -0.39 is 23.4 Å². The zero-order valence-electron chi connectivity index (χ0n) is 10.1. The zero-order valence-corrected chi connectivity index (χ0v) is 10.9. The number of hydrogen-bond donors (Lipinski definition) is 2. The van der Waals surface area contributed by atoms with Gasteiger partial charge in [-0.15, -0.1) is 12.4 Å². The number of aromatic hydroxyl groups is 1. The number of ether oxygens (including phenoxy) is 1. The number of carbonyl (C=O) groups is 1. The van der Waals surface area contributed by atoms with E-state index in [-0.39, 0.29) is 24.8 Å². The molecule has 1 saturated heterocycles. The Bertz CT molecular complexity index is 465. The number of phenols is 1. The topological polar surface area (TPSA) is 58.6 Å². The van der Waals surface area contributed by atoms with Gasteiger partial charge in [0.25, 0.3) is 0 Å². The van der Waals surface area contributed by atoms with Crippen LogP contribution in [-0.2, 0) is 4.74 Å². The van der Waals surface area contributed by atoms with E-state index in [4.69, 9.17) is 4.74 Å². The van der Waals surface area contributed by atoms with Gasteiger partial charge in [-0.1, -0.05) is 13.8 Å². The van der Waals surface area contributed by atoms with E-state index in [0.717, 1.165) is 0 Å². The fourth-order valence-electron chi connectivity index (χ4n) is 1.95. The van der Waals surface area contributed by atoms with Crippen molar-refractivity contribution < 1.29 is 19.0 Å². The van der Waals surface area contributed by atoms with Gasteiger partial charge in [-0.2, -0.15) is 0 Å². The van der Waals surface area contributed by atoms with E-state index in [9.17, 15) is 14.3 Å². The van der Waals surface area contributed by atoms with Gasteiger partial charge in [0, 0.05) is 11.0 Å². The Morgan fingerprint density at radius 1 is 1.50 bits per heavy atom. The minimum atomic E-state index is -0.557. The van der Waals surface area contributed by atoms with Crippen molar-refractivity contribution in [3.05, 3.63) is 29.6 Å². The zero-order chi connectivity index (χ0) is 12.6. The number of nitrogens with one attached hydrogen (secondary N) is 1. The van der Waals surface area contributed by atoms with Crippen molar-refractivity contribution in [2.24, 2.45) is 5.41 Å². The number of cyclic esters (lactones) is 1. The van der Waals surface area contributed by atoms with Crippen LogP contribution in [0.15, 0.2) is 18.2 Å². The fraction of sp³-hybridized carbons (Fsp3) is 0.417. The number of halogens is 2. The Balaban J connectivity index is 0.00000162. The number of phenolic OH excluding ortho intramolecular Hbond substituents is 1. The summed E-state index contributed by atoms with van der Waals surface area (Å²) in [5.74, 6) is -0.485. The summed E-state index contributed by atoms with van der Waals surface area (Å²) in [5, 5.41) is 12.4. The molecule has 18 heavy (non-hydrogen) atoms. The van der Waals surface area contributed by atoms with Crippen molar-refractivity contribution in [3.8, 4) is 5.75 Å². The second kappa shape index (κ2) is 5.02. The second-order valence-corrected chi connectivity index (χ2v) is 4.85. The maximum atomic E-state index is 13.2. The van der Waals surface area contributed by atoms with Gasteiger partial charge in [-0.05, 0) is 18.2 Å². The first-order chi connectivity index (χ1) is 7.90. The van der Waals surface area contributed by atoms with Crippen LogP contribution in [-0.4, -0.2) is 17.8 Å². The van der Waals surface area contributed by atoms with Gasteiger partial charge in [-0.25, -0.2) is 9.18 Å². The van der Waals surface area contributed by atoms with Crippen LogP contribution < -0.4 is 5.32 Å². The van der Waals surface area contributed by atoms with Gasteiger partial charge in [0.1, 0.15) is 18.2 Å². The number of benzene rings is 1. The van der Waals surface area contributed by atoms with Gasteiger partial charge >= 0.3 is 6.09 Å². The molecule has 2 rings (SSSR count). The van der Waals surface area contributed by atoms with Crippen LogP contribution in [0.4, 0.5) is 9.18 Å². The molecule has 1 heterocycles. The molecule has 100 valence electrons. The first-order valence-corrected chi connectivity index (χ1v) is 5.32. The monoisotopic (exact) mass is 275 g/mol. The fourth-order valence-corrected chi connectivity index (χ4v) is 1.95. The molecule has 0 radical (unpaired) electrons. The molecule has 0 unspecified atom stereocenters. The van der Waals surface area contributed by atoms with E-state index in [1.165, 1.54) is 18.2 Å². The van der Waals surface area contributed by atoms with Gasteiger partial charge in [-0.3, -0.25) is 0 Å². The van der Waals surface area contributed by atoms with Crippen LogP contribution in [0.5, 0.6) is 5.75 Å². The van der Waals surface area contributed by atoms with E-state index in [1.807, 2.05) is 13.8 Å². The molecule has 1 aromatic rings. The lowest BCUT2D eigenvalue weighted by Gasteiger charge is -2.38. The molecular weight excluding hydrogens is 261 g/mol. The van der Waals surface area contributed by atoms with Crippen molar-refractivity contribution >= 4 is 18.5 Å². The lowest BCUT2D eigenvalue weighted by Crippen LogP contribution is -2.46. The normalized spacial score (nSPS) is 21.5. The second-order valence-electron chi connectivity index (χ2n) is 4.85. The SMILES string of the molecule is CC1(C)COC(=O)N[C@H]1c1cc(F)ccc1O.Cl. The molecule has 0 aliphatic carbocycles. The Hall–Kier alpha value is -1.49. The number of rotatable bonds is 1. The smallest absolute Gasteiger partial charge is 0.407 e. The molecule has 1 aliphatic rings. The number of hydrogen-bond acceptors (Lipinski definition) is 3. The van der Waals surface area contributed by atoms with E-state index in [1.54, 1.807) is 0 Å². The molecule has 0 saturated carbocycles. The molecule has 0 aromatic heterocycles. The summed E-state index contributed by atoms with van der Waals surface area (Å²) < 4.78 is 18.1. The number of amides is 1. The van der Waals surface area contributed by atoms with E-state index in [0.29, 0.717) is 5.56 Å². The van der Waals surface area contributed by atoms with Gasteiger partial charge in [0.05, 0.1) is 6.04 Å². The van der Waals surface area contributed by atoms with E-state index in [2.05, 4.69) is 5.32 Å². The maximum Gasteiger partial charge on any atom is 0.407 e. The highest BCUT2D eigenvalue weighted by Crippen LogP contribution is 2.39. The Morgan fingerprint density at radius 2 is 2.17 bits per heavy atom. The Labute approximate surface area is 111 Å². The van der Waals surface area contributed by atoms with Crippen LogP contribution >= 0.6 is 12.4 Å². The Kier molecular flexibility index (Phi) is 4.06.